The lowest BCUT2D eigenvalue weighted by Crippen LogP contribution is -1.98. The molecule has 0 bridgehead atoms. The molecular formula is C10H9BrN4O. The number of rotatable bonds is 2. The number of anilines is 1. The van der Waals surface area contributed by atoms with Gasteiger partial charge in [-0.25, -0.2) is 15.0 Å². The zero-order valence-electron chi connectivity index (χ0n) is 8.51. The number of hydrogen-bond donors (Lipinski definition) is 1. The second kappa shape index (κ2) is 4.44. The Labute approximate surface area is 101 Å². The smallest absolute Gasteiger partial charge is 0.220 e. The van der Waals surface area contributed by atoms with Crippen LogP contribution in [0.15, 0.2) is 29.0 Å². The molecule has 5 nitrogen and oxygen atoms in total. The van der Waals surface area contributed by atoms with Gasteiger partial charge < -0.3 is 10.5 Å². The van der Waals surface area contributed by atoms with Crippen molar-refractivity contribution < 1.29 is 4.74 Å². The summed E-state index contributed by atoms with van der Waals surface area (Å²) in [5, 5.41) is 0. The van der Waals surface area contributed by atoms with Gasteiger partial charge >= 0.3 is 0 Å². The lowest BCUT2D eigenvalue weighted by atomic mass is 10.2. The van der Waals surface area contributed by atoms with Crippen LogP contribution < -0.4 is 10.5 Å². The highest BCUT2D eigenvalue weighted by atomic mass is 79.9. The van der Waals surface area contributed by atoms with Crippen LogP contribution >= 0.6 is 15.9 Å². The Morgan fingerprint density at radius 2 is 2.06 bits per heavy atom. The van der Waals surface area contributed by atoms with Crippen LogP contribution in [0.5, 0.6) is 5.75 Å². The number of methoxy groups -OCH3 is 1. The average Bonchev–Trinajstić information content (AvgIpc) is 2.29. The van der Waals surface area contributed by atoms with E-state index < -0.39 is 0 Å². The molecule has 0 aliphatic carbocycles. The standard InChI is InChI=1S/C10H9BrN4O/c1-16-7-2-3-8(11)15-9(7)6-4-5-13-10(12)14-6/h2-5H,1H3,(H2,12,13,14). The maximum atomic E-state index is 5.52. The topological polar surface area (TPSA) is 73.9 Å². The van der Waals surface area contributed by atoms with Crippen LogP contribution in [0, 0.1) is 0 Å². The first-order chi connectivity index (χ1) is 7.70. The van der Waals surface area contributed by atoms with E-state index in [0.717, 1.165) is 0 Å². The molecule has 2 aromatic rings. The molecule has 0 aliphatic heterocycles. The molecule has 0 saturated carbocycles. The molecule has 0 atom stereocenters. The largest absolute Gasteiger partial charge is 0.494 e. The molecule has 0 unspecified atom stereocenters. The number of hydrogen-bond acceptors (Lipinski definition) is 5. The van der Waals surface area contributed by atoms with Crippen LogP contribution in [0.4, 0.5) is 5.95 Å². The molecule has 0 aromatic carbocycles. The maximum absolute atomic E-state index is 5.52. The lowest BCUT2D eigenvalue weighted by Gasteiger charge is -2.07. The van der Waals surface area contributed by atoms with Crippen LogP contribution in [0.25, 0.3) is 11.4 Å². The van der Waals surface area contributed by atoms with Crippen molar-refractivity contribution in [2.45, 2.75) is 0 Å². The molecule has 16 heavy (non-hydrogen) atoms. The van der Waals surface area contributed by atoms with Crippen molar-refractivity contribution in [1.29, 1.82) is 0 Å². The van der Waals surface area contributed by atoms with Gasteiger partial charge in [0.25, 0.3) is 0 Å². The van der Waals surface area contributed by atoms with Crippen LogP contribution in [0.3, 0.4) is 0 Å². The first kappa shape index (κ1) is 10.8. The Bertz CT molecular complexity index is 518. The van der Waals surface area contributed by atoms with Gasteiger partial charge in [0, 0.05) is 6.20 Å². The van der Waals surface area contributed by atoms with Gasteiger partial charge in [0.05, 0.1) is 12.8 Å². The van der Waals surface area contributed by atoms with E-state index in [0.29, 0.717) is 21.7 Å². The van der Waals surface area contributed by atoms with E-state index in [4.69, 9.17) is 10.5 Å². The van der Waals surface area contributed by atoms with Crippen LogP contribution in [0.1, 0.15) is 0 Å². The van der Waals surface area contributed by atoms with E-state index in [1.165, 1.54) is 0 Å². The summed E-state index contributed by atoms with van der Waals surface area (Å²) in [6, 6.07) is 5.34. The fourth-order valence-corrected chi connectivity index (χ4v) is 1.59. The summed E-state index contributed by atoms with van der Waals surface area (Å²) in [4.78, 5) is 12.2. The predicted molar refractivity (Wildman–Crippen MR) is 63.9 cm³/mol. The monoisotopic (exact) mass is 280 g/mol. The van der Waals surface area contributed by atoms with Gasteiger partial charge in [0.15, 0.2) is 0 Å². The van der Waals surface area contributed by atoms with Gasteiger partial charge in [-0.1, -0.05) is 0 Å². The molecule has 2 rings (SSSR count). The fraction of sp³-hybridized carbons (Fsp3) is 0.100. The highest BCUT2D eigenvalue weighted by Gasteiger charge is 2.09. The third-order valence-corrected chi connectivity index (χ3v) is 2.40. The Balaban J connectivity index is 2.58. The summed E-state index contributed by atoms with van der Waals surface area (Å²) in [6.45, 7) is 0. The van der Waals surface area contributed by atoms with Crippen molar-refractivity contribution in [2.75, 3.05) is 12.8 Å². The SMILES string of the molecule is COc1ccc(Br)nc1-c1ccnc(N)n1. The van der Waals surface area contributed by atoms with Crippen LogP contribution in [-0.4, -0.2) is 22.1 Å². The fourth-order valence-electron chi connectivity index (χ4n) is 1.28. The molecule has 2 N–H and O–H groups in total. The highest BCUT2D eigenvalue weighted by Crippen LogP contribution is 2.27. The molecule has 6 heteroatoms. The number of nitrogens with two attached hydrogens (primary N) is 1. The predicted octanol–water partition coefficient (Wildman–Crippen LogP) is 1.89. The van der Waals surface area contributed by atoms with Gasteiger partial charge in [-0.2, -0.15) is 0 Å². The molecule has 0 aliphatic rings. The summed E-state index contributed by atoms with van der Waals surface area (Å²) in [6.07, 6.45) is 1.58. The van der Waals surface area contributed by atoms with Crippen molar-refractivity contribution in [2.24, 2.45) is 0 Å². The zero-order valence-corrected chi connectivity index (χ0v) is 10.1. The number of aromatic nitrogens is 3. The maximum Gasteiger partial charge on any atom is 0.220 e. The summed E-state index contributed by atoms with van der Waals surface area (Å²) < 4.78 is 5.92. The van der Waals surface area contributed by atoms with Crippen molar-refractivity contribution in [3.63, 3.8) is 0 Å². The van der Waals surface area contributed by atoms with Crippen molar-refractivity contribution in [3.05, 3.63) is 29.0 Å². The molecule has 0 fully saturated rings. The number of halogens is 1. The summed E-state index contributed by atoms with van der Waals surface area (Å²) in [5.41, 5.74) is 6.78. The molecule has 0 saturated heterocycles. The van der Waals surface area contributed by atoms with Crippen molar-refractivity contribution in [3.8, 4) is 17.1 Å². The normalized spacial score (nSPS) is 10.1. The summed E-state index contributed by atoms with van der Waals surface area (Å²) in [5.74, 6) is 0.850. The lowest BCUT2D eigenvalue weighted by molar-refractivity contribution is 0.414. The Hall–Kier alpha value is -1.69. The highest BCUT2D eigenvalue weighted by molar-refractivity contribution is 9.10. The van der Waals surface area contributed by atoms with Crippen molar-refractivity contribution >= 4 is 21.9 Å². The van der Waals surface area contributed by atoms with E-state index >= 15 is 0 Å². The van der Waals surface area contributed by atoms with E-state index in [9.17, 15) is 0 Å². The molecule has 2 heterocycles. The van der Waals surface area contributed by atoms with E-state index in [1.807, 2.05) is 6.07 Å². The molecule has 0 amide bonds. The minimum Gasteiger partial charge on any atom is -0.494 e. The first-order valence-corrected chi connectivity index (χ1v) is 5.29. The van der Waals surface area contributed by atoms with Crippen LogP contribution in [0.2, 0.25) is 0 Å². The van der Waals surface area contributed by atoms with E-state index in [2.05, 4.69) is 30.9 Å². The van der Waals surface area contributed by atoms with Gasteiger partial charge in [-0.15, -0.1) is 0 Å². The van der Waals surface area contributed by atoms with Crippen LogP contribution in [-0.2, 0) is 0 Å². The number of nitrogen functional groups attached to an aromatic ring is 1. The Morgan fingerprint density at radius 1 is 1.25 bits per heavy atom. The molecular weight excluding hydrogens is 272 g/mol. The Kier molecular flexibility index (Phi) is 3.00. The number of ether oxygens (including phenoxy) is 1. The van der Waals surface area contributed by atoms with Gasteiger partial charge in [0.1, 0.15) is 16.0 Å². The zero-order chi connectivity index (χ0) is 11.5. The third kappa shape index (κ3) is 2.11. The number of pyridine rings is 1. The first-order valence-electron chi connectivity index (χ1n) is 4.50. The summed E-state index contributed by atoms with van der Waals surface area (Å²) >= 11 is 3.30. The minimum atomic E-state index is 0.210. The molecule has 2 aromatic heterocycles. The molecule has 82 valence electrons. The second-order valence-electron chi connectivity index (χ2n) is 2.98. The summed E-state index contributed by atoms with van der Waals surface area (Å²) in [7, 11) is 1.58. The van der Waals surface area contributed by atoms with E-state index in [-0.39, 0.29) is 5.95 Å². The Morgan fingerprint density at radius 3 is 2.75 bits per heavy atom. The van der Waals surface area contributed by atoms with Gasteiger partial charge in [-0.3, -0.25) is 0 Å². The minimum absolute atomic E-state index is 0.210. The van der Waals surface area contributed by atoms with E-state index in [1.54, 1.807) is 25.4 Å². The molecule has 0 radical (unpaired) electrons. The van der Waals surface area contributed by atoms with Gasteiger partial charge in [0.2, 0.25) is 5.95 Å². The molecule has 0 spiro atoms. The van der Waals surface area contributed by atoms with Gasteiger partial charge in [-0.05, 0) is 34.1 Å². The average molecular weight is 281 g/mol. The third-order valence-electron chi connectivity index (χ3n) is 1.96. The number of nitrogens with zero attached hydrogens (tertiary/aromatic N) is 3. The quantitative estimate of drug-likeness (QED) is 0.851. The second-order valence-corrected chi connectivity index (χ2v) is 3.80. The van der Waals surface area contributed by atoms with Crippen molar-refractivity contribution in [1.82, 2.24) is 15.0 Å².